The van der Waals surface area contributed by atoms with E-state index in [0.717, 1.165) is 0 Å². The molecule has 0 spiro atoms. The van der Waals surface area contributed by atoms with Crippen molar-refractivity contribution in [3.05, 3.63) is 64.0 Å². The van der Waals surface area contributed by atoms with E-state index in [4.69, 9.17) is 12.6 Å². The third kappa shape index (κ3) is 3.18. The molecule has 0 saturated heterocycles. The number of nitro groups is 1. The van der Waals surface area contributed by atoms with Crippen molar-refractivity contribution >= 4 is 30.3 Å². The number of benzene rings is 1. The Bertz CT molecular complexity index is 718. The van der Waals surface area contributed by atoms with Gasteiger partial charge in [-0.25, -0.2) is 9.59 Å². The molecule has 2 aromatic rings. The molecule has 0 aliphatic carbocycles. The van der Waals surface area contributed by atoms with E-state index in [2.05, 4.69) is 9.72 Å². The molecule has 0 N–H and O–H groups in total. The standard InChI is InChI=1S/C13H7N2O5S/c16-12(8-4-6-14-7-5-8)20-13(17)9-2-1-3-10(21)11(9)15(18)19/h1-7H. The average molecular weight is 303 g/mol. The van der Waals surface area contributed by atoms with Crippen LogP contribution in [0.1, 0.15) is 20.7 Å². The first-order valence-corrected chi connectivity index (χ1v) is 6.02. The molecule has 0 fully saturated rings. The van der Waals surface area contributed by atoms with Crippen molar-refractivity contribution in [3.8, 4) is 0 Å². The van der Waals surface area contributed by atoms with E-state index < -0.39 is 22.5 Å². The minimum Gasteiger partial charge on any atom is -0.386 e. The number of hydrogen-bond acceptors (Lipinski definition) is 6. The lowest BCUT2D eigenvalue weighted by atomic mass is 10.2. The molecular weight excluding hydrogens is 296 g/mol. The highest BCUT2D eigenvalue weighted by Crippen LogP contribution is 2.27. The molecule has 2 rings (SSSR count). The molecule has 0 atom stereocenters. The average Bonchev–Trinajstić information content (AvgIpc) is 2.47. The second-order valence-electron chi connectivity index (χ2n) is 3.82. The SMILES string of the molecule is O=C(OC(=O)c1cccc([S])c1[N+](=O)[O-])c1ccncc1. The van der Waals surface area contributed by atoms with Gasteiger partial charge in [0.2, 0.25) is 0 Å². The minimum absolute atomic E-state index is 0.106. The number of para-hydroxylation sites is 1. The number of ether oxygens (including phenoxy) is 1. The summed E-state index contributed by atoms with van der Waals surface area (Å²) in [5.74, 6) is -2.05. The van der Waals surface area contributed by atoms with Crippen molar-refractivity contribution in [1.82, 2.24) is 4.98 Å². The molecule has 1 radical (unpaired) electrons. The zero-order valence-electron chi connectivity index (χ0n) is 10.4. The minimum atomic E-state index is -1.13. The van der Waals surface area contributed by atoms with E-state index in [-0.39, 0.29) is 16.0 Å². The van der Waals surface area contributed by atoms with Crippen LogP contribution in [-0.4, -0.2) is 21.8 Å². The predicted octanol–water partition coefficient (Wildman–Crippen LogP) is 2.54. The van der Waals surface area contributed by atoms with Crippen molar-refractivity contribution in [2.75, 3.05) is 0 Å². The second-order valence-corrected chi connectivity index (χ2v) is 4.26. The Labute approximate surface area is 124 Å². The lowest BCUT2D eigenvalue weighted by Crippen LogP contribution is -2.14. The van der Waals surface area contributed by atoms with Gasteiger partial charge in [0.05, 0.1) is 10.5 Å². The van der Waals surface area contributed by atoms with Crippen molar-refractivity contribution in [1.29, 1.82) is 0 Å². The number of carbonyl (C=O) groups excluding carboxylic acids is 2. The molecule has 105 valence electrons. The molecule has 1 aromatic heterocycles. The Morgan fingerprint density at radius 1 is 1.14 bits per heavy atom. The summed E-state index contributed by atoms with van der Waals surface area (Å²) in [6, 6.07) is 6.58. The topological polar surface area (TPSA) is 99.4 Å². The number of nitrogens with zero attached hydrogens (tertiary/aromatic N) is 2. The largest absolute Gasteiger partial charge is 0.386 e. The fourth-order valence-corrected chi connectivity index (χ4v) is 1.82. The lowest BCUT2D eigenvalue weighted by Gasteiger charge is -2.04. The number of aromatic nitrogens is 1. The van der Waals surface area contributed by atoms with Crippen molar-refractivity contribution < 1.29 is 19.2 Å². The van der Waals surface area contributed by atoms with Gasteiger partial charge < -0.3 is 4.74 Å². The van der Waals surface area contributed by atoms with Gasteiger partial charge in [-0.2, -0.15) is 0 Å². The van der Waals surface area contributed by atoms with Gasteiger partial charge in [-0.05, 0) is 24.3 Å². The number of carbonyl (C=O) groups is 2. The fraction of sp³-hybridized carbons (Fsp3) is 0. The third-order valence-corrected chi connectivity index (χ3v) is 2.83. The van der Waals surface area contributed by atoms with Crippen LogP contribution < -0.4 is 0 Å². The quantitative estimate of drug-likeness (QED) is 0.374. The number of hydrogen-bond donors (Lipinski definition) is 0. The first-order valence-electron chi connectivity index (χ1n) is 5.61. The number of nitro benzene ring substituents is 1. The van der Waals surface area contributed by atoms with Gasteiger partial charge in [-0.15, -0.1) is 0 Å². The molecular formula is C13H7N2O5S. The van der Waals surface area contributed by atoms with Gasteiger partial charge in [0.15, 0.2) is 0 Å². The van der Waals surface area contributed by atoms with Crippen molar-refractivity contribution in [3.63, 3.8) is 0 Å². The summed E-state index contributed by atoms with van der Waals surface area (Å²) in [5.41, 5.74) is -0.814. The van der Waals surface area contributed by atoms with E-state index in [1.165, 1.54) is 42.7 Å². The Hall–Kier alpha value is -2.87. The van der Waals surface area contributed by atoms with Crippen LogP contribution in [0, 0.1) is 10.1 Å². The first kappa shape index (κ1) is 14.5. The summed E-state index contributed by atoms with van der Waals surface area (Å²) in [5, 5.41) is 10.9. The summed E-state index contributed by atoms with van der Waals surface area (Å²) >= 11 is 4.80. The van der Waals surface area contributed by atoms with Crippen LogP contribution in [0.25, 0.3) is 0 Å². The van der Waals surface area contributed by atoms with Gasteiger partial charge in [0.1, 0.15) is 10.5 Å². The van der Waals surface area contributed by atoms with Crippen LogP contribution in [-0.2, 0) is 4.74 Å². The van der Waals surface area contributed by atoms with Crippen LogP contribution >= 0.6 is 12.6 Å². The van der Waals surface area contributed by atoms with Crippen LogP contribution in [0.4, 0.5) is 5.69 Å². The molecule has 1 heterocycles. The molecule has 1 aromatic carbocycles. The molecule has 21 heavy (non-hydrogen) atoms. The second kappa shape index (κ2) is 6.06. The Morgan fingerprint density at radius 2 is 1.81 bits per heavy atom. The molecule has 7 nitrogen and oxygen atoms in total. The van der Waals surface area contributed by atoms with E-state index in [1.807, 2.05) is 0 Å². The normalized spacial score (nSPS) is 9.90. The molecule has 0 aliphatic rings. The molecule has 0 unspecified atom stereocenters. The summed E-state index contributed by atoms with van der Waals surface area (Å²) in [6.45, 7) is 0. The molecule has 0 amide bonds. The van der Waals surface area contributed by atoms with E-state index in [9.17, 15) is 19.7 Å². The van der Waals surface area contributed by atoms with Gasteiger partial charge >= 0.3 is 17.6 Å². The fourth-order valence-electron chi connectivity index (χ4n) is 1.56. The zero-order chi connectivity index (χ0) is 15.4. The van der Waals surface area contributed by atoms with Crippen molar-refractivity contribution in [2.45, 2.75) is 4.90 Å². The van der Waals surface area contributed by atoms with Gasteiger partial charge in [-0.3, -0.25) is 15.1 Å². The molecule has 0 saturated carbocycles. The number of esters is 2. The maximum Gasteiger partial charge on any atom is 0.353 e. The van der Waals surface area contributed by atoms with Gasteiger partial charge in [-0.1, -0.05) is 18.7 Å². The van der Waals surface area contributed by atoms with E-state index in [0.29, 0.717) is 0 Å². The number of pyridine rings is 1. The third-order valence-electron chi connectivity index (χ3n) is 2.50. The monoisotopic (exact) mass is 303 g/mol. The highest BCUT2D eigenvalue weighted by molar-refractivity contribution is 7.80. The maximum absolute atomic E-state index is 11.9. The van der Waals surface area contributed by atoms with Crippen molar-refractivity contribution in [2.24, 2.45) is 0 Å². The smallest absolute Gasteiger partial charge is 0.353 e. The first-order chi connectivity index (χ1) is 10.0. The Kier molecular flexibility index (Phi) is 4.19. The van der Waals surface area contributed by atoms with Crippen LogP contribution in [0.3, 0.4) is 0 Å². The maximum atomic E-state index is 11.9. The van der Waals surface area contributed by atoms with Crippen LogP contribution in [0.2, 0.25) is 0 Å². The summed E-state index contributed by atoms with van der Waals surface area (Å²) in [7, 11) is 0. The predicted molar refractivity (Wildman–Crippen MR) is 72.9 cm³/mol. The number of rotatable bonds is 3. The Balaban J connectivity index is 2.28. The highest BCUT2D eigenvalue weighted by Gasteiger charge is 2.26. The lowest BCUT2D eigenvalue weighted by molar-refractivity contribution is -0.388. The summed E-state index contributed by atoms with van der Waals surface area (Å²) in [6.07, 6.45) is 2.71. The molecule has 8 heteroatoms. The van der Waals surface area contributed by atoms with Crippen LogP contribution in [0.15, 0.2) is 47.6 Å². The Morgan fingerprint density at radius 3 is 2.43 bits per heavy atom. The summed E-state index contributed by atoms with van der Waals surface area (Å²) < 4.78 is 4.61. The van der Waals surface area contributed by atoms with E-state index in [1.54, 1.807) is 0 Å². The summed E-state index contributed by atoms with van der Waals surface area (Å²) in [4.78, 5) is 37.4. The van der Waals surface area contributed by atoms with Gasteiger partial charge in [0.25, 0.3) is 0 Å². The van der Waals surface area contributed by atoms with Gasteiger partial charge in [0, 0.05) is 12.4 Å². The highest BCUT2D eigenvalue weighted by atomic mass is 32.1. The van der Waals surface area contributed by atoms with Crippen LogP contribution in [0.5, 0.6) is 0 Å². The zero-order valence-corrected chi connectivity index (χ0v) is 11.2. The van der Waals surface area contributed by atoms with E-state index >= 15 is 0 Å². The molecule has 0 bridgehead atoms. The molecule has 0 aliphatic heterocycles.